The number of aryl methyl sites for hydroxylation is 1. The van der Waals surface area contributed by atoms with Crippen LogP contribution in [0.1, 0.15) is 81.9 Å². The van der Waals surface area contributed by atoms with E-state index in [0.29, 0.717) is 12.1 Å². The number of hydrogen-bond donors (Lipinski definition) is 1. The molecule has 2 rings (SSSR count). The molecule has 0 amide bonds. The Bertz CT molecular complexity index is 402. The zero-order chi connectivity index (χ0) is 13.8. The van der Waals surface area contributed by atoms with Gasteiger partial charge in [0.15, 0.2) is 0 Å². The number of nitrogens with zero attached hydrogens (tertiary/aromatic N) is 2. The highest BCUT2D eigenvalue weighted by molar-refractivity contribution is 5.30. The Kier molecular flexibility index (Phi) is 5.03. The van der Waals surface area contributed by atoms with Crippen LogP contribution in [-0.2, 0) is 12.8 Å². The Morgan fingerprint density at radius 2 is 1.89 bits per heavy atom. The molecular weight excluding hydrogens is 234 g/mol. The zero-order valence-corrected chi connectivity index (χ0v) is 13.0. The lowest BCUT2D eigenvalue weighted by molar-refractivity contribution is 0.321. The molecule has 1 aliphatic rings. The van der Waals surface area contributed by atoms with E-state index in [1.807, 2.05) is 7.05 Å². The monoisotopic (exact) mass is 263 g/mol. The first-order chi connectivity index (χ1) is 9.22. The number of rotatable bonds is 5. The highest BCUT2D eigenvalue weighted by Crippen LogP contribution is 2.32. The second-order valence-corrected chi connectivity index (χ2v) is 5.76. The highest BCUT2D eigenvalue weighted by Gasteiger charge is 2.24. The van der Waals surface area contributed by atoms with Crippen molar-refractivity contribution in [1.82, 2.24) is 15.1 Å². The van der Waals surface area contributed by atoms with Crippen molar-refractivity contribution in [2.45, 2.75) is 77.8 Å². The van der Waals surface area contributed by atoms with Crippen molar-refractivity contribution < 1.29 is 0 Å². The number of nitrogens with one attached hydrogen (secondary N) is 1. The third-order valence-corrected chi connectivity index (χ3v) is 4.58. The van der Waals surface area contributed by atoms with Crippen LogP contribution in [0.2, 0.25) is 0 Å². The van der Waals surface area contributed by atoms with E-state index in [1.54, 1.807) is 0 Å². The Morgan fingerprint density at radius 3 is 2.42 bits per heavy atom. The van der Waals surface area contributed by atoms with E-state index in [2.05, 4.69) is 30.8 Å². The predicted molar refractivity (Wildman–Crippen MR) is 80.6 cm³/mol. The fourth-order valence-electron chi connectivity index (χ4n) is 3.42. The predicted octanol–water partition coefficient (Wildman–Crippen LogP) is 3.79. The van der Waals surface area contributed by atoms with E-state index in [0.717, 1.165) is 12.8 Å². The van der Waals surface area contributed by atoms with Crippen LogP contribution in [0.25, 0.3) is 0 Å². The molecule has 1 saturated carbocycles. The van der Waals surface area contributed by atoms with Crippen molar-refractivity contribution in [3.05, 3.63) is 17.0 Å². The van der Waals surface area contributed by atoms with Crippen molar-refractivity contribution >= 4 is 0 Å². The van der Waals surface area contributed by atoms with Gasteiger partial charge in [0.05, 0.1) is 11.7 Å². The fourth-order valence-corrected chi connectivity index (χ4v) is 3.42. The summed E-state index contributed by atoms with van der Waals surface area (Å²) in [5.74, 6) is 0. The van der Waals surface area contributed by atoms with Gasteiger partial charge in [0, 0.05) is 17.3 Å². The lowest BCUT2D eigenvalue weighted by Crippen LogP contribution is -2.18. The van der Waals surface area contributed by atoms with Crippen molar-refractivity contribution in [3.63, 3.8) is 0 Å². The topological polar surface area (TPSA) is 29.9 Å². The first-order valence-electron chi connectivity index (χ1n) is 8.00. The van der Waals surface area contributed by atoms with Gasteiger partial charge in [0.25, 0.3) is 0 Å². The SMILES string of the molecule is CCc1nn(C2CCCCC2)c(CC)c1C(C)NC. The third kappa shape index (κ3) is 2.86. The molecule has 0 aromatic carbocycles. The maximum Gasteiger partial charge on any atom is 0.0672 e. The summed E-state index contributed by atoms with van der Waals surface area (Å²) in [7, 11) is 2.04. The van der Waals surface area contributed by atoms with Crippen LogP contribution >= 0.6 is 0 Å². The summed E-state index contributed by atoms with van der Waals surface area (Å²) >= 11 is 0. The van der Waals surface area contributed by atoms with E-state index in [4.69, 9.17) is 5.10 Å². The maximum atomic E-state index is 4.97. The van der Waals surface area contributed by atoms with Gasteiger partial charge in [-0.15, -0.1) is 0 Å². The van der Waals surface area contributed by atoms with E-state index in [9.17, 15) is 0 Å². The number of aromatic nitrogens is 2. The van der Waals surface area contributed by atoms with Crippen LogP contribution in [0.3, 0.4) is 0 Å². The molecule has 1 aromatic rings. The highest BCUT2D eigenvalue weighted by atomic mass is 15.3. The molecule has 1 atom stereocenters. The third-order valence-electron chi connectivity index (χ3n) is 4.58. The summed E-state index contributed by atoms with van der Waals surface area (Å²) in [5.41, 5.74) is 4.22. The molecule has 0 radical (unpaired) electrons. The molecule has 1 heterocycles. The molecular formula is C16H29N3. The Morgan fingerprint density at radius 1 is 1.21 bits per heavy atom. The molecule has 108 valence electrons. The average molecular weight is 263 g/mol. The van der Waals surface area contributed by atoms with Crippen LogP contribution in [0, 0.1) is 0 Å². The van der Waals surface area contributed by atoms with E-state index >= 15 is 0 Å². The van der Waals surface area contributed by atoms with Gasteiger partial charge in [-0.05, 0) is 39.7 Å². The van der Waals surface area contributed by atoms with Gasteiger partial charge >= 0.3 is 0 Å². The summed E-state index contributed by atoms with van der Waals surface area (Å²) < 4.78 is 2.38. The average Bonchev–Trinajstić information content (AvgIpc) is 2.85. The largest absolute Gasteiger partial charge is 0.313 e. The quantitative estimate of drug-likeness (QED) is 0.876. The Balaban J connectivity index is 2.39. The van der Waals surface area contributed by atoms with Gasteiger partial charge in [0.1, 0.15) is 0 Å². The molecule has 19 heavy (non-hydrogen) atoms. The summed E-state index contributed by atoms with van der Waals surface area (Å²) in [6.07, 6.45) is 8.88. The normalized spacial score (nSPS) is 18.7. The van der Waals surface area contributed by atoms with Crippen molar-refractivity contribution in [1.29, 1.82) is 0 Å². The summed E-state index contributed by atoms with van der Waals surface area (Å²) in [5, 5.41) is 8.36. The van der Waals surface area contributed by atoms with Crippen molar-refractivity contribution in [2.24, 2.45) is 0 Å². The molecule has 0 spiro atoms. The first-order valence-corrected chi connectivity index (χ1v) is 8.00. The van der Waals surface area contributed by atoms with Crippen LogP contribution in [0.15, 0.2) is 0 Å². The second kappa shape index (κ2) is 6.56. The van der Waals surface area contributed by atoms with Crippen LogP contribution in [0.5, 0.6) is 0 Å². The minimum absolute atomic E-state index is 0.405. The van der Waals surface area contributed by atoms with Gasteiger partial charge in [0.2, 0.25) is 0 Å². The molecule has 1 unspecified atom stereocenters. The first kappa shape index (κ1) is 14.6. The minimum Gasteiger partial charge on any atom is -0.313 e. The van der Waals surface area contributed by atoms with Gasteiger partial charge in [-0.3, -0.25) is 4.68 Å². The van der Waals surface area contributed by atoms with Gasteiger partial charge in [-0.1, -0.05) is 33.1 Å². The molecule has 3 nitrogen and oxygen atoms in total. The lowest BCUT2D eigenvalue weighted by Gasteiger charge is -2.24. The van der Waals surface area contributed by atoms with Gasteiger partial charge < -0.3 is 5.32 Å². The zero-order valence-electron chi connectivity index (χ0n) is 13.0. The summed E-state index contributed by atoms with van der Waals surface area (Å²) in [4.78, 5) is 0. The Hall–Kier alpha value is -0.830. The van der Waals surface area contributed by atoms with Crippen LogP contribution in [-0.4, -0.2) is 16.8 Å². The van der Waals surface area contributed by atoms with Crippen LogP contribution < -0.4 is 5.32 Å². The standard InChI is InChI=1S/C16H29N3/c1-5-14-16(12(3)17-4)15(6-2)19(18-14)13-10-8-7-9-11-13/h12-13,17H,5-11H2,1-4H3. The van der Waals surface area contributed by atoms with Gasteiger partial charge in [-0.25, -0.2) is 0 Å². The minimum atomic E-state index is 0.405. The maximum absolute atomic E-state index is 4.97. The van der Waals surface area contributed by atoms with E-state index in [1.165, 1.54) is 49.1 Å². The smallest absolute Gasteiger partial charge is 0.0672 e. The summed E-state index contributed by atoms with van der Waals surface area (Å²) in [6.45, 7) is 6.74. The fraction of sp³-hybridized carbons (Fsp3) is 0.812. The van der Waals surface area contributed by atoms with Crippen molar-refractivity contribution in [2.75, 3.05) is 7.05 Å². The lowest BCUT2D eigenvalue weighted by atomic mass is 9.95. The summed E-state index contributed by atoms with van der Waals surface area (Å²) in [6, 6.07) is 1.05. The molecule has 0 saturated heterocycles. The molecule has 0 aliphatic heterocycles. The second-order valence-electron chi connectivity index (χ2n) is 5.76. The molecule has 0 bridgehead atoms. The van der Waals surface area contributed by atoms with Crippen LogP contribution in [0.4, 0.5) is 0 Å². The molecule has 3 heteroatoms. The van der Waals surface area contributed by atoms with E-state index in [-0.39, 0.29) is 0 Å². The molecule has 1 N–H and O–H groups in total. The molecule has 1 fully saturated rings. The van der Waals surface area contributed by atoms with Crippen molar-refractivity contribution in [3.8, 4) is 0 Å². The molecule has 1 aliphatic carbocycles. The Labute approximate surface area is 117 Å². The van der Waals surface area contributed by atoms with E-state index < -0.39 is 0 Å². The molecule has 1 aromatic heterocycles. The van der Waals surface area contributed by atoms with Gasteiger partial charge in [-0.2, -0.15) is 5.10 Å². The number of hydrogen-bond acceptors (Lipinski definition) is 2.